The van der Waals surface area contributed by atoms with Gasteiger partial charge in [0.1, 0.15) is 12.2 Å². The number of carbonyl (C=O) groups is 2. The molecular formula is C12H16N2O3. The van der Waals surface area contributed by atoms with Gasteiger partial charge in [-0.15, -0.1) is 0 Å². The molecule has 0 aromatic carbocycles. The van der Waals surface area contributed by atoms with Crippen LogP contribution in [0.5, 0.6) is 0 Å². The van der Waals surface area contributed by atoms with Gasteiger partial charge in [0.2, 0.25) is 0 Å². The van der Waals surface area contributed by atoms with Crippen LogP contribution in [0, 0.1) is 0 Å². The van der Waals surface area contributed by atoms with E-state index in [1.807, 2.05) is 13.8 Å². The van der Waals surface area contributed by atoms with Crippen LogP contribution in [0.25, 0.3) is 0 Å². The number of pyridine rings is 1. The van der Waals surface area contributed by atoms with Crippen molar-refractivity contribution in [1.82, 2.24) is 9.88 Å². The van der Waals surface area contributed by atoms with Crippen molar-refractivity contribution >= 4 is 11.9 Å². The van der Waals surface area contributed by atoms with Gasteiger partial charge in [-0.1, -0.05) is 13.0 Å². The van der Waals surface area contributed by atoms with Gasteiger partial charge in [0, 0.05) is 12.2 Å². The summed E-state index contributed by atoms with van der Waals surface area (Å²) in [5.41, 5.74) is 0.272. The lowest BCUT2D eigenvalue weighted by Gasteiger charge is -2.26. The summed E-state index contributed by atoms with van der Waals surface area (Å²) in [6.07, 6.45) is 2.22. The van der Waals surface area contributed by atoms with E-state index in [9.17, 15) is 9.59 Å². The number of carboxylic acids is 1. The van der Waals surface area contributed by atoms with Crippen molar-refractivity contribution in [2.75, 3.05) is 6.54 Å². The second kappa shape index (κ2) is 5.98. The lowest BCUT2D eigenvalue weighted by atomic mass is 10.2. The number of amides is 1. The Morgan fingerprint density at radius 3 is 2.65 bits per heavy atom. The molecule has 0 fully saturated rings. The quantitative estimate of drug-likeness (QED) is 0.839. The number of nitrogens with zero attached hydrogens (tertiary/aromatic N) is 2. The number of aromatic nitrogens is 1. The molecule has 0 radical (unpaired) electrons. The summed E-state index contributed by atoms with van der Waals surface area (Å²) in [6, 6.07) is 4.87. The molecule has 0 saturated heterocycles. The van der Waals surface area contributed by atoms with Crippen LogP contribution in [-0.2, 0) is 4.79 Å². The third kappa shape index (κ3) is 3.55. The molecule has 0 aliphatic heterocycles. The number of hydrogen-bond donors (Lipinski definition) is 1. The molecular weight excluding hydrogens is 220 g/mol. The van der Waals surface area contributed by atoms with Crippen molar-refractivity contribution in [2.24, 2.45) is 0 Å². The maximum Gasteiger partial charge on any atom is 0.323 e. The first-order valence-electron chi connectivity index (χ1n) is 5.50. The first-order chi connectivity index (χ1) is 8.06. The van der Waals surface area contributed by atoms with Gasteiger partial charge in [0.15, 0.2) is 0 Å². The second-order valence-corrected chi connectivity index (χ2v) is 3.80. The largest absolute Gasteiger partial charge is 0.480 e. The SMILES string of the molecule is CCC(C)N(CC(=O)O)C(=O)c1ccccn1. The summed E-state index contributed by atoms with van der Waals surface area (Å²) in [5.74, 6) is -1.36. The zero-order valence-electron chi connectivity index (χ0n) is 9.96. The van der Waals surface area contributed by atoms with Crippen molar-refractivity contribution in [3.63, 3.8) is 0 Å². The average molecular weight is 236 g/mol. The highest BCUT2D eigenvalue weighted by molar-refractivity contribution is 5.94. The van der Waals surface area contributed by atoms with Gasteiger partial charge in [-0.3, -0.25) is 14.6 Å². The molecule has 1 rings (SSSR count). The Morgan fingerprint density at radius 2 is 2.18 bits per heavy atom. The molecule has 0 spiro atoms. The molecule has 1 atom stereocenters. The van der Waals surface area contributed by atoms with E-state index in [1.165, 1.54) is 11.1 Å². The highest BCUT2D eigenvalue weighted by atomic mass is 16.4. The summed E-state index contributed by atoms with van der Waals surface area (Å²) >= 11 is 0. The molecule has 1 aromatic heterocycles. The van der Waals surface area contributed by atoms with Crippen LogP contribution in [0.4, 0.5) is 0 Å². The van der Waals surface area contributed by atoms with E-state index < -0.39 is 5.97 Å². The van der Waals surface area contributed by atoms with Crippen molar-refractivity contribution in [3.8, 4) is 0 Å². The van der Waals surface area contributed by atoms with E-state index in [1.54, 1.807) is 18.2 Å². The second-order valence-electron chi connectivity index (χ2n) is 3.80. The molecule has 1 heterocycles. The van der Waals surface area contributed by atoms with Crippen molar-refractivity contribution < 1.29 is 14.7 Å². The standard InChI is InChI=1S/C12H16N2O3/c1-3-9(2)14(8-11(15)16)12(17)10-6-4-5-7-13-10/h4-7,9H,3,8H2,1-2H3,(H,15,16). The van der Waals surface area contributed by atoms with Crippen molar-refractivity contribution in [2.45, 2.75) is 26.3 Å². The first kappa shape index (κ1) is 13.2. The smallest absolute Gasteiger partial charge is 0.323 e. The predicted octanol–water partition coefficient (Wildman–Crippen LogP) is 1.41. The Hall–Kier alpha value is -1.91. The Labute approximate surface area is 100 Å². The van der Waals surface area contributed by atoms with Gasteiger partial charge in [0.25, 0.3) is 5.91 Å². The predicted molar refractivity (Wildman–Crippen MR) is 62.7 cm³/mol. The number of aliphatic carboxylic acids is 1. The minimum atomic E-state index is -1.02. The van der Waals surface area contributed by atoms with Crippen LogP contribution in [0.2, 0.25) is 0 Å². The highest BCUT2D eigenvalue weighted by Crippen LogP contribution is 2.08. The highest BCUT2D eigenvalue weighted by Gasteiger charge is 2.23. The summed E-state index contributed by atoms with van der Waals surface area (Å²) < 4.78 is 0. The molecule has 0 saturated carbocycles. The van der Waals surface area contributed by atoms with Crippen molar-refractivity contribution in [1.29, 1.82) is 0 Å². The van der Waals surface area contributed by atoms with Gasteiger partial charge < -0.3 is 10.0 Å². The molecule has 5 nitrogen and oxygen atoms in total. The zero-order chi connectivity index (χ0) is 12.8. The van der Waals surface area contributed by atoms with E-state index in [-0.39, 0.29) is 24.2 Å². The normalized spacial score (nSPS) is 11.9. The van der Waals surface area contributed by atoms with Gasteiger partial charge in [0.05, 0.1) is 0 Å². The molecule has 0 aliphatic carbocycles. The number of carboxylic acid groups (broad SMARTS) is 1. The molecule has 1 unspecified atom stereocenters. The van der Waals surface area contributed by atoms with E-state index in [2.05, 4.69) is 4.98 Å². The van der Waals surface area contributed by atoms with Crippen LogP contribution < -0.4 is 0 Å². The number of carbonyl (C=O) groups excluding carboxylic acids is 1. The van der Waals surface area contributed by atoms with Crippen LogP contribution in [-0.4, -0.2) is 39.5 Å². The minimum absolute atomic E-state index is 0.124. The van der Waals surface area contributed by atoms with Crippen LogP contribution in [0.1, 0.15) is 30.8 Å². The van der Waals surface area contributed by atoms with Crippen LogP contribution in [0.15, 0.2) is 24.4 Å². The molecule has 17 heavy (non-hydrogen) atoms. The summed E-state index contributed by atoms with van der Waals surface area (Å²) in [6.45, 7) is 3.43. The summed E-state index contributed by atoms with van der Waals surface area (Å²) in [4.78, 5) is 28.1. The molecule has 92 valence electrons. The Kier molecular flexibility index (Phi) is 4.63. The lowest BCUT2D eigenvalue weighted by molar-refractivity contribution is -0.138. The molecule has 0 aliphatic rings. The summed E-state index contributed by atoms with van der Waals surface area (Å²) in [7, 11) is 0. The molecule has 5 heteroatoms. The van der Waals surface area contributed by atoms with Gasteiger partial charge in [-0.2, -0.15) is 0 Å². The van der Waals surface area contributed by atoms with E-state index in [0.717, 1.165) is 0 Å². The maximum atomic E-state index is 12.1. The molecule has 1 N–H and O–H groups in total. The fourth-order valence-corrected chi connectivity index (χ4v) is 1.43. The Morgan fingerprint density at radius 1 is 1.47 bits per heavy atom. The minimum Gasteiger partial charge on any atom is -0.480 e. The Bertz CT molecular complexity index is 392. The molecule has 1 amide bonds. The third-order valence-electron chi connectivity index (χ3n) is 2.57. The van der Waals surface area contributed by atoms with Gasteiger partial charge >= 0.3 is 5.97 Å². The third-order valence-corrected chi connectivity index (χ3v) is 2.57. The van der Waals surface area contributed by atoms with Crippen LogP contribution in [0.3, 0.4) is 0 Å². The number of rotatable bonds is 5. The lowest BCUT2D eigenvalue weighted by Crippen LogP contribution is -2.42. The fourth-order valence-electron chi connectivity index (χ4n) is 1.43. The topological polar surface area (TPSA) is 70.5 Å². The maximum absolute atomic E-state index is 12.1. The summed E-state index contributed by atoms with van der Waals surface area (Å²) in [5, 5.41) is 8.81. The Balaban J connectivity index is 2.90. The van der Waals surface area contributed by atoms with E-state index >= 15 is 0 Å². The monoisotopic (exact) mass is 236 g/mol. The number of hydrogen-bond acceptors (Lipinski definition) is 3. The molecule has 1 aromatic rings. The van der Waals surface area contributed by atoms with Gasteiger partial charge in [-0.25, -0.2) is 0 Å². The van der Waals surface area contributed by atoms with Crippen molar-refractivity contribution in [3.05, 3.63) is 30.1 Å². The first-order valence-corrected chi connectivity index (χ1v) is 5.50. The molecule has 0 bridgehead atoms. The van der Waals surface area contributed by atoms with E-state index in [4.69, 9.17) is 5.11 Å². The fraction of sp³-hybridized carbons (Fsp3) is 0.417. The van der Waals surface area contributed by atoms with Crippen LogP contribution >= 0.6 is 0 Å². The van der Waals surface area contributed by atoms with E-state index in [0.29, 0.717) is 6.42 Å². The van der Waals surface area contributed by atoms with Gasteiger partial charge in [-0.05, 0) is 25.5 Å². The average Bonchev–Trinajstić information content (AvgIpc) is 2.35. The zero-order valence-corrected chi connectivity index (χ0v) is 9.96.